The van der Waals surface area contributed by atoms with E-state index in [2.05, 4.69) is 10.6 Å². The van der Waals surface area contributed by atoms with E-state index in [0.717, 1.165) is 0 Å². The van der Waals surface area contributed by atoms with Crippen LogP contribution in [0.15, 0.2) is 0 Å². The maximum atomic E-state index is 11.6. The van der Waals surface area contributed by atoms with Crippen LogP contribution in [0.4, 0.5) is 0 Å². The van der Waals surface area contributed by atoms with Crippen molar-refractivity contribution < 1.29 is 13.2 Å². The first-order chi connectivity index (χ1) is 7.97. The van der Waals surface area contributed by atoms with Crippen LogP contribution in [-0.2, 0) is 14.6 Å². The molecule has 0 aromatic rings. The van der Waals surface area contributed by atoms with Gasteiger partial charge in [-0.05, 0) is 26.7 Å². The summed E-state index contributed by atoms with van der Waals surface area (Å²) in [6.07, 6.45) is 1.20. The van der Waals surface area contributed by atoms with E-state index in [-0.39, 0.29) is 25.0 Å². The van der Waals surface area contributed by atoms with Gasteiger partial charge in [0.1, 0.15) is 0 Å². The van der Waals surface area contributed by atoms with Crippen LogP contribution in [0.25, 0.3) is 0 Å². The molecule has 1 unspecified atom stereocenters. The number of hydrogen-bond acceptors (Lipinski definition) is 4. The van der Waals surface area contributed by atoms with Crippen molar-refractivity contribution >= 4 is 15.7 Å². The van der Waals surface area contributed by atoms with Crippen molar-refractivity contribution in [3.8, 4) is 0 Å². The average Bonchev–Trinajstić information content (AvgIpc) is 2.14. The second kappa shape index (κ2) is 6.52. The normalized spacial score (nSPS) is 14.6. The molecule has 0 heterocycles. The standard InChI is InChI=1S/C12H26N2O3S/c1-9(2)10(3)14-11(15)7-13-8-12(4,5)18(6,16)17/h9-10,13H,7-8H2,1-6H3,(H,14,15). The van der Waals surface area contributed by atoms with Crippen LogP contribution < -0.4 is 10.6 Å². The van der Waals surface area contributed by atoms with Crippen molar-refractivity contribution in [3.63, 3.8) is 0 Å². The first-order valence-corrected chi connectivity index (χ1v) is 8.06. The first kappa shape index (κ1) is 17.4. The molecule has 0 spiro atoms. The summed E-state index contributed by atoms with van der Waals surface area (Å²) in [6, 6.07) is 0.113. The second-order valence-corrected chi connectivity index (χ2v) is 8.39. The van der Waals surface area contributed by atoms with Crippen LogP contribution in [0, 0.1) is 5.92 Å². The summed E-state index contributed by atoms with van der Waals surface area (Å²) in [5, 5.41) is 5.74. The van der Waals surface area contributed by atoms with Crippen molar-refractivity contribution in [2.75, 3.05) is 19.3 Å². The molecule has 18 heavy (non-hydrogen) atoms. The van der Waals surface area contributed by atoms with Gasteiger partial charge in [0, 0.05) is 18.8 Å². The lowest BCUT2D eigenvalue weighted by Crippen LogP contribution is -2.46. The van der Waals surface area contributed by atoms with Gasteiger partial charge in [0.2, 0.25) is 5.91 Å². The summed E-state index contributed by atoms with van der Waals surface area (Å²) in [7, 11) is -3.13. The van der Waals surface area contributed by atoms with Crippen molar-refractivity contribution in [1.82, 2.24) is 10.6 Å². The predicted octanol–water partition coefficient (Wildman–Crippen LogP) is 0.560. The SMILES string of the molecule is CC(C)C(C)NC(=O)CNCC(C)(C)S(C)(=O)=O. The Labute approximate surface area is 111 Å². The molecule has 0 saturated heterocycles. The summed E-state index contributed by atoms with van der Waals surface area (Å²) in [5.74, 6) is 0.266. The Morgan fingerprint density at radius 3 is 2.11 bits per heavy atom. The molecule has 0 fully saturated rings. The molecule has 1 amide bonds. The number of nitrogens with one attached hydrogen (secondary N) is 2. The molecule has 0 aromatic heterocycles. The van der Waals surface area contributed by atoms with Gasteiger partial charge in [-0.2, -0.15) is 0 Å². The maximum Gasteiger partial charge on any atom is 0.234 e. The molecule has 0 radical (unpaired) electrons. The second-order valence-electron chi connectivity index (χ2n) is 5.74. The van der Waals surface area contributed by atoms with Crippen molar-refractivity contribution in [2.24, 2.45) is 5.92 Å². The van der Waals surface area contributed by atoms with Gasteiger partial charge >= 0.3 is 0 Å². The summed E-state index contributed by atoms with van der Waals surface area (Å²) >= 11 is 0. The van der Waals surface area contributed by atoms with Crippen LogP contribution in [0.2, 0.25) is 0 Å². The van der Waals surface area contributed by atoms with Gasteiger partial charge in [0.05, 0.1) is 11.3 Å². The fourth-order valence-electron chi connectivity index (χ4n) is 1.08. The number of hydrogen-bond donors (Lipinski definition) is 2. The third-order valence-corrected chi connectivity index (χ3v) is 5.38. The van der Waals surface area contributed by atoms with Crippen LogP contribution in [-0.4, -0.2) is 44.5 Å². The molecule has 1 atom stereocenters. The predicted molar refractivity (Wildman–Crippen MR) is 74.2 cm³/mol. The monoisotopic (exact) mass is 278 g/mol. The van der Waals surface area contributed by atoms with Gasteiger partial charge in [0.15, 0.2) is 9.84 Å². The van der Waals surface area contributed by atoms with E-state index in [9.17, 15) is 13.2 Å². The molecule has 0 bridgehead atoms. The zero-order valence-corrected chi connectivity index (χ0v) is 13.0. The highest BCUT2D eigenvalue weighted by Gasteiger charge is 2.29. The topological polar surface area (TPSA) is 75.3 Å². The summed E-state index contributed by atoms with van der Waals surface area (Å²) in [6.45, 7) is 9.69. The smallest absolute Gasteiger partial charge is 0.234 e. The van der Waals surface area contributed by atoms with Gasteiger partial charge in [-0.3, -0.25) is 4.79 Å². The quantitative estimate of drug-likeness (QED) is 0.713. The third-order valence-electron chi connectivity index (χ3n) is 3.23. The zero-order chi connectivity index (χ0) is 14.6. The molecule has 108 valence electrons. The van der Waals surface area contributed by atoms with Crippen LogP contribution in [0.5, 0.6) is 0 Å². The van der Waals surface area contributed by atoms with E-state index in [4.69, 9.17) is 0 Å². The number of sulfone groups is 1. The molecule has 0 saturated carbocycles. The van der Waals surface area contributed by atoms with Crippen molar-refractivity contribution in [1.29, 1.82) is 0 Å². The largest absolute Gasteiger partial charge is 0.352 e. The Bertz CT molecular complexity index is 375. The van der Waals surface area contributed by atoms with E-state index in [1.165, 1.54) is 6.26 Å². The average molecular weight is 278 g/mol. The van der Waals surface area contributed by atoms with Crippen molar-refractivity contribution in [2.45, 2.75) is 45.4 Å². The van der Waals surface area contributed by atoms with Gasteiger partial charge in [0.25, 0.3) is 0 Å². The Hall–Kier alpha value is -0.620. The van der Waals surface area contributed by atoms with E-state index in [1.54, 1.807) is 13.8 Å². The fraction of sp³-hybridized carbons (Fsp3) is 0.917. The summed E-state index contributed by atoms with van der Waals surface area (Å²) < 4.78 is 22.0. The molecule has 0 aliphatic carbocycles. The number of rotatable bonds is 7. The lowest BCUT2D eigenvalue weighted by molar-refractivity contribution is -0.121. The van der Waals surface area contributed by atoms with E-state index >= 15 is 0 Å². The number of carbonyl (C=O) groups is 1. The van der Waals surface area contributed by atoms with Gasteiger partial charge in [-0.25, -0.2) is 8.42 Å². The van der Waals surface area contributed by atoms with Gasteiger partial charge in [-0.15, -0.1) is 0 Å². The maximum absolute atomic E-state index is 11.6. The lowest BCUT2D eigenvalue weighted by Gasteiger charge is -2.23. The highest BCUT2D eigenvalue weighted by Crippen LogP contribution is 2.13. The molecular weight excluding hydrogens is 252 g/mol. The third kappa shape index (κ3) is 5.82. The van der Waals surface area contributed by atoms with Crippen LogP contribution >= 0.6 is 0 Å². The number of carbonyl (C=O) groups excluding carboxylic acids is 1. The van der Waals surface area contributed by atoms with E-state index in [0.29, 0.717) is 5.92 Å². The summed E-state index contributed by atoms with van der Waals surface area (Å²) in [4.78, 5) is 11.6. The minimum atomic E-state index is -3.13. The molecule has 0 aromatic carbocycles. The Balaban J connectivity index is 4.10. The van der Waals surface area contributed by atoms with Gasteiger partial charge in [-0.1, -0.05) is 13.8 Å². The molecule has 0 aliphatic rings. The molecule has 6 heteroatoms. The molecule has 0 aliphatic heterocycles. The molecular formula is C12H26N2O3S. The Morgan fingerprint density at radius 2 is 1.72 bits per heavy atom. The highest BCUT2D eigenvalue weighted by atomic mass is 32.2. The van der Waals surface area contributed by atoms with Crippen molar-refractivity contribution in [3.05, 3.63) is 0 Å². The minimum Gasteiger partial charge on any atom is -0.352 e. The van der Waals surface area contributed by atoms with Crippen LogP contribution in [0.1, 0.15) is 34.6 Å². The summed E-state index contributed by atoms with van der Waals surface area (Å²) in [5.41, 5.74) is 0. The highest BCUT2D eigenvalue weighted by molar-refractivity contribution is 7.92. The Kier molecular flexibility index (Phi) is 6.29. The Morgan fingerprint density at radius 1 is 1.22 bits per heavy atom. The zero-order valence-electron chi connectivity index (χ0n) is 12.2. The first-order valence-electron chi connectivity index (χ1n) is 6.17. The van der Waals surface area contributed by atoms with E-state index in [1.807, 2.05) is 20.8 Å². The molecule has 0 rings (SSSR count). The number of amides is 1. The minimum absolute atomic E-state index is 0.111. The molecule has 2 N–H and O–H groups in total. The lowest BCUT2D eigenvalue weighted by atomic mass is 10.1. The van der Waals surface area contributed by atoms with Crippen LogP contribution in [0.3, 0.4) is 0 Å². The van der Waals surface area contributed by atoms with E-state index < -0.39 is 14.6 Å². The fourth-order valence-corrected chi connectivity index (χ4v) is 1.44. The molecule has 5 nitrogen and oxygen atoms in total. The van der Waals surface area contributed by atoms with Gasteiger partial charge < -0.3 is 10.6 Å².